The number of esters is 1. The van der Waals surface area contributed by atoms with Crippen LogP contribution in [0.15, 0.2) is 43.1 Å². The van der Waals surface area contributed by atoms with Crippen LogP contribution in [0.4, 0.5) is 9.52 Å². The summed E-state index contributed by atoms with van der Waals surface area (Å²) in [6.07, 6.45) is 3.43. The van der Waals surface area contributed by atoms with Crippen molar-refractivity contribution in [2.24, 2.45) is 0 Å². The van der Waals surface area contributed by atoms with Crippen molar-refractivity contribution in [2.75, 3.05) is 4.72 Å². The van der Waals surface area contributed by atoms with Crippen molar-refractivity contribution in [1.82, 2.24) is 4.98 Å². The second-order valence-electron chi connectivity index (χ2n) is 5.06. The second kappa shape index (κ2) is 8.21. The molecule has 0 aliphatic carbocycles. The van der Waals surface area contributed by atoms with Crippen molar-refractivity contribution in [1.29, 1.82) is 0 Å². The van der Waals surface area contributed by atoms with Crippen molar-refractivity contribution in [3.63, 3.8) is 0 Å². The largest absolute Gasteiger partial charge is 0.414 e. The summed E-state index contributed by atoms with van der Waals surface area (Å²) in [5.74, 6) is -0.869. The molecule has 2 rings (SSSR count). The minimum absolute atomic E-state index is 0.0632. The van der Waals surface area contributed by atoms with E-state index in [-0.39, 0.29) is 16.6 Å². The molecule has 1 unspecified atom stereocenters. The number of hydrogen-bond donors (Lipinski definition) is 1. The van der Waals surface area contributed by atoms with Crippen LogP contribution in [-0.2, 0) is 14.8 Å². The molecule has 2 aromatic rings. The van der Waals surface area contributed by atoms with E-state index in [0.29, 0.717) is 12.0 Å². The molecule has 0 aliphatic heterocycles. The Balaban J connectivity index is 2.14. The van der Waals surface area contributed by atoms with Gasteiger partial charge in [-0.1, -0.05) is 36.5 Å². The van der Waals surface area contributed by atoms with Crippen LogP contribution in [0.2, 0.25) is 0 Å². The van der Waals surface area contributed by atoms with Crippen LogP contribution in [0.1, 0.15) is 30.6 Å². The van der Waals surface area contributed by atoms with E-state index in [1.54, 1.807) is 0 Å². The summed E-state index contributed by atoms with van der Waals surface area (Å²) in [6.45, 7) is 5.38. The topological polar surface area (TPSA) is 85.4 Å². The van der Waals surface area contributed by atoms with Crippen molar-refractivity contribution >= 4 is 32.5 Å². The van der Waals surface area contributed by atoms with E-state index in [4.69, 9.17) is 4.74 Å². The van der Waals surface area contributed by atoms with Gasteiger partial charge >= 0.3 is 5.97 Å². The number of halogens is 1. The molecule has 1 atom stereocenters. The Hall–Kier alpha value is -2.26. The van der Waals surface area contributed by atoms with Gasteiger partial charge in [-0.15, -0.1) is 6.58 Å². The number of benzene rings is 1. The number of aromatic nitrogens is 1. The van der Waals surface area contributed by atoms with Crippen LogP contribution in [-0.4, -0.2) is 19.4 Å². The zero-order chi connectivity index (χ0) is 18.4. The molecule has 6 nitrogen and oxygen atoms in total. The Morgan fingerprint density at radius 2 is 2.12 bits per heavy atom. The minimum Gasteiger partial charge on any atom is -0.414 e. The van der Waals surface area contributed by atoms with Crippen LogP contribution < -0.4 is 9.46 Å². The number of carbonyl (C=O) groups excluding carboxylic acids is 1. The molecule has 0 bridgehead atoms. The second-order valence-corrected chi connectivity index (χ2v) is 7.86. The zero-order valence-corrected chi connectivity index (χ0v) is 15.1. The van der Waals surface area contributed by atoms with Gasteiger partial charge in [0, 0.05) is 6.42 Å². The predicted molar refractivity (Wildman–Crippen MR) is 94.5 cm³/mol. The van der Waals surface area contributed by atoms with Crippen molar-refractivity contribution in [3.8, 4) is 5.06 Å². The van der Waals surface area contributed by atoms with Gasteiger partial charge in [0.15, 0.2) is 5.13 Å². The number of thiazole rings is 1. The van der Waals surface area contributed by atoms with Crippen molar-refractivity contribution < 1.29 is 22.3 Å². The molecule has 134 valence electrons. The van der Waals surface area contributed by atoms with E-state index in [9.17, 15) is 17.6 Å². The molecule has 0 aliphatic rings. The van der Waals surface area contributed by atoms with E-state index in [1.165, 1.54) is 36.5 Å². The molecule has 1 aromatic carbocycles. The molecule has 0 saturated heterocycles. The Morgan fingerprint density at radius 1 is 1.44 bits per heavy atom. The van der Waals surface area contributed by atoms with Gasteiger partial charge in [0.25, 0.3) is 0 Å². The molecule has 1 heterocycles. The standard InChI is InChI=1S/C16H17FN2O4S2/c1-3-5-14(20)23-15-10-18-16(24-15)19-25(21,22)13(4-2)11-6-8-12(17)9-7-11/h4,6-10,13H,2-3,5H2,1H3,(H,18,19). The number of anilines is 1. The van der Waals surface area contributed by atoms with Gasteiger partial charge in [0.2, 0.25) is 15.1 Å². The molecule has 0 amide bonds. The first kappa shape index (κ1) is 19.1. The molecule has 9 heteroatoms. The predicted octanol–water partition coefficient (Wildman–Crippen LogP) is 3.66. The third-order valence-corrected chi connectivity index (χ3v) is 5.66. The Morgan fingerprint density at radius 3 is 2.72 bits per heavy atom. The van der Waals surface area contributed by atoms with Crippen molar-refractivity contribution in [3.05, 3.63) is 54.5 Å². The molecule has 0 spiro atoms. The number of sulfonamides is 1. The van der Waals surface area contributed by atoms with Crippen molar-refractivity contribution in [2.45, 2.75) is 25.0 Å². The maximum absolute atomic E-state index is 13.0. The lowest BCUT2D eigenvalue weighted by molar-refractivity contribution is -0.134. The fraction of sp³-hybridized carbons (Fsp3) is 0.250. The molecule has 1 N–H and O–H groups in total. The molecular weight excluding hydrogens is 367 g/mol. The van der Waals surface area contributed by atoms with Gasteiger partial charge in [-0.25, -0.2) is 17.8 Å². The fourth-order valence-corrected chi connectivity index (χ4v) is 4.24. The van der Waals surface area contributed by atoms with Crippen LogP contribution in [0, 0.1) is 5.82 Å². The first-order valence-electron chi connectivity index (χ1n) is 7.42. The third kappa shape index (κ3) is 5.10. The third-order valence-electron chi connectivity index (χ3n) is 3.13. The Kier molecular flexibility index (Phi) is 6.27. The summed E-state index contributed by atoms with van der Waals surface area (Å²) in [6, 6.07) is 5.10. The van der Waals surface area contributed by atoms with Gasteiger partial charge < -0.3 is 4.74 Å². The molecule has 1 aromatic heterocycles. The lowest BCUT2D eigenvalue weighted by Crippen LogP contribution is -2.19. The first-order valence-corrected chi connectivity index (χ1v) is 9.78. The van der Waals surface area contributed by atoms with Crippen LogP contribution >= 0.6 is 11.3 Å². The minimum atomic E-state index is -3.90. The van der Waals surface area contributed by atoms with Crippen LogP contribution in [0.5, 0.6) is 5.06 Å². The highest BCUT2D eigenvalue weighted by molar-refractivity contribution is 7.93. The zero-order valence-electron chi connectivity index (χ0n) is 13.4. The highest BCUT2D eigenvalue weighted by Gasteiger charge is 2.25. The molecule has 0 radical (unpaired) electrons. The van der Waals surface area contributed by atoms with E-state index in [0.717, 1.165) is 11.3 Å². The Bertz CT molecular complexity index is 847. The van der Waals surface area contributed by atoms with Crippen LogP contribution in [0.3, 0.4) is 0 Å². The van der Waals surface area contributed by atoms with E-state index < -0.39 is 27.1 Å². The number of nitrogens with zero attached hydrogens (tertiary/aromatic N) is 1. The maximum Gasteiger partial charge on any atom is 0.312 e. The fourth-order valence-electron chi connectivity index (χ4n) is 2.00. The van der Waals surface area contributed by atoms with Gasteiger partial charge in [-0.3, -0.25) is 9.52 Å². The molecule has 0 saturated carbocycles. The highest BCUT2D eigenvalue weighted by atomic mass is 32.2. The monoisotopic (exact) mass is 384 g/mol. The summed E-state index contributed by atoms with van der Waals surface area (Å²) >= 11 is 0.901. The number of nitrogens with one attached hydrogen (secondary N) is 1. The summed E-state index contributed by atoms with van der Waals surface area (Å²) < 4.78 is 45.5. The molecule has 0 fully saturated rings. The van der Waals surface area contributed by atoms with E-state index in [2.05, 4.69) is 16.3 Å². The van der Waals surface area contributed by atoms with Crippen LogP contribution in [0.25, 0.3) is 0 Å². The summed E-state index contributed by atoms with van der Waals surface area (Å²) in [4.78, 5) is 15.3. The molecule has 25 heavy (non-hydrogen) atoms. The van der Waals surface area contributed by atoms with Gasteiger partial charge in [-0.05, 0) is 24.1 Å². The highest BCUT2D eigenvalue weighted by Crippen LogP contribution is 2.30. The Labute approximate surface area is 149 Å². The number of rotatable bonds is 8. The smallest absolute Gasteiger partial charge is 0.312 e. The van der Waals surface area contributed by atoms with Gasteiger partial charge in [-0.2, -0.15) is 0 Å². The normalized spacial score (nSPS) is 12.4. The number of ether oxygens (including phenoxy) is 1. The van der Waals surface area contributed by atoms with Gasteiger partial charge in [0.1, 0.15) is 11.1 Å². The average molecular weight is 384 g/mol. The SMILES string of the molecule is C=CC(c1ccc(F)cc1)S(=O)(=O)Nc1ncc(OC(=O)CCC)s1. The van der Waals surface area contributed by atoms with Gasteiger partial charge in [0.05, 0.1) is 6.20 Å². The quantitative estimate of drug-likeness (QED) is 0.555. The summed E-state index contributed by atoms with van der Waals surface area (Å²) in [5.41, 5.74) is 0.370. The van der Waals surface area contributed by atoms with E-state index >= 15 is 0 Å². The summed E-state index contributed by atoms with van der Waals surface area (Å²) in [7, 11) is -3.90. The maximum atomic E-state index is 13.0. The number of carbonyl (C=O) groups is 1. The molecular formula is C16H17FN2O4S2. The lowest BCUT2D eigenvalue weighted by Gasteiger charge is -2.14. The van der Waals surface area contributed by atoms with E-state index in [1.807, 2.05) is 6.92 Å². The first-order chi connectivity index (χ1) is 11.9. The number of hydrogen-bond acceptors (Lipinski definition) is 6. The summed E-state index contributed by atoms with van der Waals surface area (Å²) in [5, 5.41) is -0.815. The average Bonchev–Trinajstić information content (AvgIpc) is 2.96. The lowest BCUT2D eigenvalue weighted by atomic mass is 10.1.